The van der Waals surface area contributed by atoms with E-state index in [0.29, 0.717) is 11.8 Å². The van der Waals surface area contributed by atoms with Crippen molar-refractivity contribution in [2.24, 2.45) is 0 Å². The molecule has 0 aromatic heterocycles. The Hall–Kier alpha value is -0.540. The average molecular weight is 413 g/mol. The van der Waals surface area contributed by atoms with E-state index in [2.05, 4.69) is 92.8 Å². The predicted molar refractivity (Wildman–Crippen MR) is 101 cm³/mol. The molecule has 0 amide bonds. The first-order chi connectivity index (χ1) is 9.91. The summed E-state index contributed by atoms with van der Waals surface area (Å²) in [6, 6.07) is 15.1. The summed E-state index contributed by atoms with van der Waals surface area (Å²) < 4.78 is 1.22. The molecule has 21 heavy (non-hydrogen) atoms. The lowest BCUT2D eigenvalue weighted by atomic mass is 9.89. The summed E-state index contributed by atoms with van der Waals surface area (Å²) in [7, 11) is 0. The van der Waals surface area contributed by atoms with Crippen LogP contribution in [0.5, 0.6) is 0 Å². The molecule has 112 valence electrons. The maximum absolute atomic E-state index is 6.81. The Morgan fingerprint density at radius 1 is 0.810 bits per heavy atom. The molecule has 0 aliphatic rings. The van der Waals surface area contributed by atoms with Crippen LogP contribution < -0.4 is 0 Å². The predicted octanol–water partition coefficient (Wildman–Crippen LogP) is 6.87. The van der Waals surface area contributed by atoms with E-state index < -0.39 is 0 Å². The number of benzene rings is 2. The molecule has 0 bridgehead atoms. The molecule has 0 radical (unpaired) electrons. The smallest absolute Gasteiger partial charge is 0.0848 e. The van der Waals surface area contributed by atoms with Gasteiger partial charge in [0.25, 0.3) is 0 Å². The van der Waals surface area contributed by atoms with E-state index in [1.54, 1.807) is 0 Å². The first kappa shape index (κ1) is 16.8. The van der Waals surface area contributed by atoms with Crippen LogP contribution in [-0.2, 0) is 0 Å². The van der Waals surface area contributed by atoms with E-state index in [1.165, 1.54) is 25.8 Å². The summed E-state index contributed by atoms with van der Waals surface area (Å²) in [5, 5.41) is -0.0864. The van der Waals surface area contributed by atoms with E-state index in [0.717, 1.165) is 0 Å². The molecule has 0 saturated carbocycles. The quantitative estimate of drug-likeness (QED) is 0.380. The minimum atomic E-state index is -0.0864. The van der Waals surface area contributed by atoms with Crippen LogP contribution in [0.4, 0.5) is 0 Å². The number of hydrogen-bond donors (Lipinski definition) is 0. The second-order valence-electron chi connectivity index (χ2n) is 6.08. The molecule has 0 N–H and O–H groups in total. The van der Waals surface area contributed by atoms with E-state index in [-0.39, 0.29) is 5.38 Å². The molecule has 1 atom stereocenters. The maximum atomic E-state index is 6.81. The zero-order valence-electron chi connectivity index (χ0n) is 13.0. The molecule has 0 nitrogen and oxygen atoms in total. The van der Waals surface area contributed by atoms with E-state index in [9.17, 15) is 0 Å². The number of halogens is 2. The fourth-order valence-corrected chi connectivity index (χ4v) is 3.80. The van der Waals surface area contributed by atoms with Gasteiger partial charge < -0.3 is 0 Å². The molecule has 2 rings (SSSR count). The largest absolute Gasteiger partial charge is 0.113 e. The van der Waals surface area contributed by atoms with Crippen LogP contribution in [0, 0.1) is 3.57 Å². The van der Waals surface area contributed by atoms with Gasteiger partial charge in [-0.15, -0.1) is 11.6 Å². The molecule has 2 heteroatoms. The highest BCUT2D eigenvalue weighted by atomic mass is 127. The Labute approximate surface area is 147 Å². The highest BCUT2D eigenvalue weighted by molar-refractivity contribution is 14.1. The van der Waals surface area contributed by atoms with Crippen LogP contribution in [0.2, 0.25) is 0 Å². The van der Waals surface area contributed by atoms with Crippen molar-refractivity contribution < 1.29 is 0 Å². The lowest BCUT2D eigenvalue weighted by molar-refractivity contribution is 0.818. The van der Waals surface area contributed by atoms with Gasteiger partial charge in [0.05, 0.1) is 5.38 Å². The number of alkyl halides is 1. The summed E-state index contributed by atoms with van der Waals surface area (Å²) in [5.41, 5.74) is 5.18. The van der Waals surface area contributed by atoms with Crippen LogP contribution in [0.25, 0.3) is 0 Å². The van der Waals surface area contributed by atoms with E-state index in [4.69, 9.17) is 11.6 Å². The Balaban J connectivity index is 2.50. The Morgan fingerprint density at radius 3 is 2.05 bits per heavy atom. The monoisotopic (exact) mass is 412 g/mol. The topological polar surface area (TPSA) is 0 Å². The fraction of sp³-hybridized carbons (Fsp3) is 0.368. The summed E-state index contributed by atoms with van der Waals surface area (Å²) in [6.45, 7) is 8.94. The van der Waals surface area contributed by atoms with Crippen molar-refractivity contribution in [2.75, 3.05) is 0 Å². The first-order valence-electron chi connectivity index (χ1n) is 7.44. The normalized spacial score (nSPS) is 13.0. The lowest BCUT2D eigenvalue weighted by Crippen LogP contribution is -2.04. The van der Waals surface area contributed by atoms with Gasteiger partial charge in [-0.25, -0.2) is 0 Å². The van der Waals surface area contributed by atoms with Gasteiger partial charge in [-0.2, -0.15) is 0 Å². The van der Waals surface area contributed by atoms with Crippen molar-refractivity contribution in [3.63, 3.8) is 0 Å². The second kappa shape index (κ2) is 7.15. The molecular formula is C19H22ClI. The van der Waals surface area contributed by atoms with Gasteiger partial charge in [-0.1, -0.05) is 64.1 Å². The highest BCUT2D eigenvalue weighted by Gasteiger charge is 2.19. The summed E-state index contributed by atoms with van der Waals surface area (Å²) >= 11 is 9.18. The number of hydrogen-bond acceptors (Lipinski definition) is 0. The molecule has 0 saturated heterocycles. The van der Waals surface area contributed by atoms with Crippen molar-refractivity contribution in [2.45, 2.75) is 44.9 Å². The van der Waals surface area contributed by atoms with Gasteiger partial charge in [0.2, 0.25) is 0 Å². The van der Waals surface area contributed by atoms with E-state index in [1.807, 2.05) is 0 Å². The van der Waals surface area contributed by atoms with Crippen molar-refractivity contribution in [3.05, 3.63) is 68.3 Å². The molecule has 0 aliphatic carbocycles. The summed E-state index contributed by atoms with van der Waals surface area (Å²) in [4.78, 5) is 0. The second-order valence-corrected chi connectivity index (χ2v) is 7.68. The molecule has 2 aromatic carbocycles. The van der Waals surface area contributed by atoms with Gasteiger partial charge in [-0.05, 0) is 62.7 Å². The maximum Gasteiger partial charge on any atom is 0.0848 e. The molecule has 0 spiro atoms. The van der Waals surface area contributed by atoms with Gasteiger partial charge in [0.15, 0.2) is 0 Å². The average Bonchev–Trinajstić information content (AvgIpc) is 2.46. The Bertz CT molecular complexity index is 617. The third-order valence-corrected chi connectivity index (χ3v) is 5.30. The van der Waals surface area contributed by atoms with Gasteiger partial charge in [0.1, 0.15) is 0 Å². The van der Waals surface area contributed by atoms with Crippen molar-refractivity contribution >= 4 is 34.2 Å². The third-order valence-electron chi connectivity index (χ3n) is 3.85. The Kier molecular flexibility index (Phi) is 5.73. The minimum Gasteiger partial charge on any atom is -0.113 e. The molecule has 2 aromatic rings. The molecule has 0 heterocycles. The SMILES string of the molecule is CC(C)c1ccc(C(Cl)c2ccccc2I)c(C(C)C)c1. The van der Waals surface area contributed by atoms with Crippen LogP contribution in [0.3, 0.4) is 0 Å². The van der Waals surface area contributed by atoms with E-state index >= 15 is 0 Å². The molecule has 1 unspecified atom stereocenters. The Morgan fingerprint density at radius 2 is 1.48 bits per heavy atom. The van der Waals surface area contributed by atoms with Crippen LogP contribution in [-0.4, -0.2) is 0 Å². The number of rotatable bonds is 4. The minimum absolute atomic E-state index is 0.0864. The molecule has 0 aliphatic heterocycles. The van der Waals surface area contributed by atoms with Gasteiger partial charge >= 0.3 is 0 Å². The zero-order chi connectivity index (χ0) is 15.6. The van der Waals surface area contributed by atoms with Crippen LogP contribution in [0.15, 0.2) is 42.5 Å². The molecular weight excluding hydrogens is 391 g/mol. The van der Waals surface area contributed by atoms with Gasteiger partial charge in [-0.3, -0.25) is 0 Å². The highest BCUT2D eigenvalue weighted by Crippen LogP contribution is 2.37. The lowest BCUT2D eigenvalue weighted by Gasteiger charge is -2.20. The van der Waals surface area contributed by atoms with Crippen LogP contribution in [0.1, 0.15) is 67.2 Å². The standard InChI is InChI=1S/C19H22ClI/c1-12(2)14-9-10-15(17(11-14)13(3)4)19(20)16-7-5-6-8-18(16)21/h5-13,19H,1-4H3. The van der Waals surface area contributed by atoms with Crippen molar-refractivity contribution in [1.29, 1.82) is 0 Å². The van der Waals surface area contributed by atoms with Crippen LogP contribution >= 0.6 is 34.2 Å². The van der Waals surface area contributed by atoms with Gasteiger partial charge in [0, 0.05) is 3.57 Å². The van der Waals surface area contributed by atoms with Crippen molar-refractivity contribution in [1.82, 2.24) is 0 Å². The van der Waals surface area contributed by atoms with Crippen molar-refractivity contribution in [3.8, 4) is 0 Å². The summed E-state index contributed by atoms with van der Waals surface area (Å²) in [6.07, 6.45) is 0. The molecule has 0 fully saturated rings. The fourth-order valence-electron chi connectivity index (χ4n) is 2.53. The summed E-state index contributed by atoms with van der Waals surface area (Å²) in [5.74, 6) is 1.02. The first-order valence-corrected chi connectivity index (χ1v) is 8.95. The zero-order valence-corrected chi connectivity index (χ0v) is 15.9. The third kappa shape index (κ3) is 3.81.